The topological polar surface area (TPSA) is 78.5 Å². The first-order valence-electron chi connectivity index (χ1n) is 11.9. The third-order valence-corrected chi connectivity index (χ3v) is 6.17. The van der Waals surface area contributed by atoms with Crippen LogP contribution in [0.4, 0.5) is 11.4 Å². The Labute approximate surface area is 206 Å². The van der Waals surface area contributed by atoms with Gasteiger partial charge in [0.1, 0.15) is 0 Å². The van der Waals surface area contributed by atoms with E-state index < -0.39 is 0 Å². The maximum Gasteiger partial charge on any atom is 0.255 e. The van der Waals surface area contributed by atoms with Crippen molar-refractivity contribution in [1.29, 1.82) is 0 Å². The highest BCUT2D eigenvalue weighted by Gasteiger charge is 2.20. The SMILES string of the molecule is CC(C)(C)c1ccc(C(=O)Nc2ccccc2NC(=O)c2cccc(CN3CCCC3=O)c2)cc1. The number of amides is 3. The van der Waals surface area contributed by atoms with E-state index >= 15 is 0 Å². The number of nitrogens with one attached hydrogen (secondary N) is 2. The van der Waals surface area contributed by atoms with Gasteiger partial charge >= 0.3 is 0 Å². The molecule has 0 saturated carbocycles. The Morgan fingerprint density at radius 3 is 2.03 bits per heavy atom. The van der Waals surface area contributed by atoms with Crippen molar-refractivity contribution >= 4 is 29.1 Å². The molecule has 3 amide bonds. The minimum atomic E-state index is -0.282. The van der Waals surface area contributed by atoms with Crippen molar-refractivity contribution in [2.45, 2.75) is 45.6 Å². The molecular weight excluding hydrogens is 438 g/mol. The van der Waals surface area contributed by atoms with Crippen LogP contribution >= 0.6 is 0 Å². The monoisotopic (exact) mass is 469 g/mol. The molecule has 2 N–H and O–H groups in total. The molecule has 1 aliphatic heterocycles. The summed E-state index contributed by atoms with van der Waals surface area (Å²) in [5.74, 6) is -0.377. The average Bonchev–Trinajstić information content (AvgIpc) is 3.24. The zero-order valence-corrected chi connectivity index (χ0v) is 20.4. The number of anilines is 2. The van der Waals surface area contributed by atoms with Crippen molar-refractivity contribution in [2.24, 2.45) is 0 Å². The number of hydrogen-bond donors (Lipinski definition) is 2. The van der Waals surface area contributed by atoms with E-state index in [0.717, 1.165) is 24.1 Å². The molecule has 3 aromatic carbocycles. The number of para-hydroxylation sites is 2. The van der Waals surface area contributed by atoms with Crippen molar-refractivity contribution in [3.05, 3.63) is 95.1 Å². The molecule has 0 bridgehead atoms. The van der Waals surface area contributed by atoms with Crippen molar-refractivity contribution < 1.29 is 14.4 Å². The Hall–Kier alpha value is -3.93. The zero-order chi connectivity index (χ0) is 25.0. The summed E-state index contributed by atoms with van der Waals surface area (Å²) in [5, 5.41) is 5.82. The van der Waals surface area contributed by atoms with E-state index in [2.05, 4.69) is 31.4 Å². The van der Waals surface area contributed by atoms with Gasteiger partial charge in [-0.25, -0.2) is 0 Å². The van der Waals surface area contributed by atoms with Gasteiger partial charge in [0.25, 0.3) is 11.8 Å². The van der Waals surface area contributed by atoms with E-state index in [9.17, 15) is 14.4 Å². The first-order valence-corrected chi connectivity index (χ1v) is 11.9. The molecule has 4 rings (SSSR count). The summed E-state index contributed by atoms with van der Waals surface area (Å²) < 4.78 is 0. The summed E-state index contributed by atoms with van der Waals surface area (Å²) in [6.45, 7) is 7.63. The van der Waals surface area contributed by atoms with Crippen LogP contribution in [0.25, 0.3) is 0 Å². The quantitative estimate of drug-likeness (QED) is 0.492. The Bertz CT molecular complexity index is 1240. The molecule has 0 aromatic heterocycles. The minimum Gasteiger partial charge on any atom is -0.338 e. The summed E-state index contributed by atoms with van der Waals surface area (Å²) in [6, 6.07) is 22.0. The second-order valence-electron chi connectivity index (χ2n) is 9.90. The highest BCUT2D eigenvalue weighted by atomic mass is 16.2. The Morgan fingerprint density at radius 1 is 0.829 bits per heavy atom. The van der Waals surface area contributed by atoms with Crippen molar-refractivity contribution in [2.75, 3.05) is 17.2 Å². The smallest absolute Gasteiger partial charge is 0.255 e. The number of hydrogen-bond acceptors (Lipinski definition) is 3. The predicted molar refractivity (Wildman–Crippen MR) is 139 cm³/mol. The fourth-order valence-corrected chi connectivity index (χ4v) is 4.11. The molecule has 0 unspecified atom stereocenters. The molecule has 35 heavy (non-hydrogen) atoms. The number of likely N-dealkylation sites (tertiary alicyclic amines) is 1. The van der Waals surface area contributed by atoms with Crippen LogP contribution in [-0.2, 0) is 16.8 Å². The van der Waals surface area contributed by atoms with Gasteiger partial charge in [0.15, 0.2) is 0 Å². The summed E-state index contributed by atoms with van der Waals surface area (Å²) in [5.41, 5.74) is 4.14. The van der Waals surface area contributed by atoms with Crippen LogP contribution in [0, 0.1) is 0 Å². The molecule has 0 atom stereocenters. The lowest BCUT2D eigenvalue weighted by Crippen LogP contribution is -2.24. The maximum absolute atomic E-state index is 13.0. The molecule has 0 spiro atoms. The number of benzene rings is 3. The molecular formula is C29H31N3O3. The standard InChI is InChI=1S/C29H31N3O3/c1-29(2,3)23-15-13-21(14-16-23)27(34)30-24-10-4-5-11-25(24)31-28(35)22-9-6-8-20(18-22)19-32-17-7-12-26(32)33/h4-6,8-11,13-16,18H,7,12,17,19H2,1-3H3,(H,30,34)(H,31,35). The van der Waals surface area contributed by atoms with Crippen molar-refractivity contribution in [3.63, 3.8) is 0 Å². The number of carbonyl (C=O) groups is 3. The lowest BCUT2D eigenvalue weighted by molar-refractivity contribution is -0.128. The van der Waals surface area contributed by atoms with Gasteiger partial charge in [-0.05, 0) is 59.4 Å². The van der Waals surface area contributed by atoms with Gasteiger partial charge in [-0.1, -0.05) is 57.2 Å². The average molecular weight is 470 g/mol. The molecule has 180 valence electrons. The van der Waals surface area contributed by atoms with Crippen molar-refractivity contribution in [1.82, 2.24) is 4.90 Å². The lowest BCUT2D eigenvalue weighted by Gasteiger charge is -2.19. The van der Waals surface area contributed by atoms with Crippen LogP contribution in [0.3, 0.4) is 0 Å². The maximum atomic E-state index is 13.0. The van der Waals surface area contributed by atoms with Crippen LogP contribution in [-0.4, -0.2) is 29.2 Å². The molecule has 1 fully saturated rings. The third kappa shape index (κ3) is 5.96. The normalized spacial score (nSPS) is 13.6. The van der Waals surface area contributed by atoms with E-state index in [0.29, 0.717) is 35.5 Å². The second kappa shape index (κ2) is 10.1. The molecule has 6 nitrogen and oxygen atoms in total. The highest BCUT2D eigenvalue weighted by molar-refractivity contribution is 6.10. The lowest BCUT2D eigenvalue weighted by atomic mass is 9.87. The molecule has 1 saturated heterocycles. The minimum absolute atomic E-state index is 0.00714. The summed E-state index contributed by atoms with van der Waals surface area (Å²) in [6.07, 6.45) is 1.46. The van der Waals surface area contributed by atoms with Crippen LogP contribution in [0.5, 0.6) is 0 Å². The highest BCUT2D eigenvalue weighted by Crippen LogP contribution is 2.25. The number of rotatable bonds is 6. The van der Waals surface area contributed by atoms with Gasteiger partial charge in [0, 0.05) is 30.6 Å². The zero-order valence-electron chi connectivity index (χ0n) is 20.4. The molecule has 0 aliphatic carbocycles. The van der Waals surface area contributed by atoms with E-state index in [-0.39, 0.29) is 23.1 Å². The van der Waals surface area contributed by atoms with E-state index in [1.807, 2.05) is 47.4 Å². The van der Waals surface area contributed by atoms with Gasteiger partial charge < -0.3 is 15.5 Å². The fraction of sp³-hybridized carbons (Fsp3) is 0.276. The Morgan fingerprint density at radius 2 is 1.46 bits per heavy atom. The van der Waals surface area contributed by atoms with Gasteiger partial charge in [-0.2, -0.15) is 0 Å². The van der Waals surface area contributed by atoms with E-state index in [4.69, 9.17) is 0 Å². The first-order chi connectivity index (χ1) is 16.7. The van der Waals surface area contributed by atoms with Gasteiger partial charge in [0.2, 0.25) is 5.91 Å². The van der Waals surface area contributed by atoms with Crippen LogP contribution in [0.15, 0.2) is 72.8 Å². The van der Waals surface area contributed by atoms with Crippen LogP contribution in [0.1, 0.15) is 65.5 Å². The summed E-state index contributed by atoms with van der Waals surface area (Å²) >= 11 is 0. The molecule has 3 aromatic rings. The Kier molecular flexibility index (Phi) is 7.01. The van der Waals surface area contributed by atoms with Crippen LogP contribution < -0.4 is 10.6 Å². The number of carbonyl (C=O) groups excluding carboxylic acids is 3. The van der Waals surface area contributed by atoms with Gasteiger partial charge in [-0.15, -0.1) is 0 Å². The number of nitrogens with zero attached hydrogens (tertiary/aromatic N) is 1. The molecule has 1 heterocycles. The van der Waals surface area contributed by atoms with Gasteiger partial charge in [0.05, 0.1) is 11.4 Å². The summed E-state index contributed by atoms with van der Waals surface area (Å²) in [4.78, 5) is 39.6. The van der Waals surface area contributed by atoms with Crippen LogP contribution in [0.2, 0.25) is 0 Å². The predicted octanol–water partition coefficient (Wildman–Crippen LogP) is 5.61. The first kappa shape index (κ1) is 24.2. The molecule has 0 radical (unpaired) electrons. The second-order valence-corrected chi connectivity index (χ2v) is 9.90. The Balaban J connectivity index is 1.45. The molecule has 1 aliphatic rings. The molecule has 6 heteroatoms. The van der Waals surface area contributed by atoms with Crippen molar-refractivity contribution in [3.8, 4) is 0 Å². The largest absolute Gasteiger partial charge is 0.338 e. The van der Waals surface area contributed by atoms with E-state index in [1.165, 1.54) is 0 Å². The van der Waals surface area contributed by atoms with E-state index in [1.54, 1.807) is 30.3 Å². The third-order valence-electron chi connectivity index (χ3n) is 6.17. The van der Waals surface area contributed by atoms with Gasteiger partial charge in [-0.3, -0.25) is 14.4 Å². The fourth-order valence-electron chi connectivity index (χ4n) is 4.11. The summed E-state index contributed by atoms with van der Waals surface area (Å²) in [7, 11) is 0.